The number of benzene rings is 2. The van der Waals surface area contributed by atoms with Crippen LogP contribution in [0.3, 0.4) is 0 Å². The number of rotatable bonds is 5. The van der Waals surface area contributed by atoms with Gasteiger partial charge >= 0.3 is 0 Å². The van der Waals surface area contributed by atoms with Crippen molar-refractivity contribution in [1.29, 1.82) is 0 Å². The Morgan fingerprint density at radius 1 is 1.13 bits per heavy atom. The Bertz CT molecular complexity index is 1190. The summed E-state index contributed by atoms with van der Waals surface area (Å²) in [6.45, 7) is 3.91. The van der Waals surface area contributed by atoms with E-state index in [1.54, 1.807) is 6.20 Å². The van der Waals surface area contributed by atoms with Crippen molar-refractivity contribution in [2.24, 2.45) is 5.73 Å². The fraction of sp³-hybridized carbons (Fsp3) is 0.190. The van der Waals surface area contributed by atoms with E-state index in [4.69, 9.17) is 10.2 Å². The van der Waals surface area contributed by atoms with Gasteiger partial charge in [-0.1, -0.05) is 6.07 Å². The largest absolute Gasteiger partial charge is 0.419 e. The molecule has 1 aliphatic rings. The first kappa shape index (κ1) is 18.2. The lowest BCUT2D eigenvalue weighted by Gasteiger charge is -2.29. The lowest BCUT2D eigenvalue weighted by atomic mass is 10.1. The minimum Gasteiger partial charge on any atom is -0.419 e. The van der Waals surface area contributed by atoms with Gasteiger partial charge in [0.2, 0.25) is 11.8 Å². The highest BCUT2D eigenvalue weighted by atomic mass is 16.4. The molecule has 0 aliphatic carbocycles. The van der Waals surface area contributed by atoms with Gasteiger partial charge in [-0.25, -0.2) is 4.98 Å². The number of hydrogen-bond acceptors (Lipinski definition) is 7. The zero-order valence-electron chi connectivity index (χ0n) is 16.2. The molecular weight excluding hydrogens is 382 g/mol. The van der Waals surface area contributed by atoms with E-state index < -0.39 is 5.91 Å². The van der Waals surface area contributed by atoms with Crippen molar-refractivity contribution in [3.05, 3.63) is 54.4 Å². The molecule has 0 saturated carbocycles. The molecule has 5 N–H and O–H groups in total. The molecule has 9 nitrogen and oxygen atoms in total. The minimum absolute atomic E-state index is 0.0525. The van der Waals surface area contributed by atoms with E-state index >= 15 is 0 Å². The van der Waals surface area contributed by atoms with E-state index in [9.17, 15) is 4.79 Å². The van der Waals surface area contributed by atoms with Crippen LogP contribution >= 0.6 is 0 Å². The van der Waals surface area contributed by atoms with Crippen molar-refractivity contribution in [2.75, 3.05) is 36.4 Å². The van der Waals surface area contributed by atoms with Crippen LogP contribution in [0.1, 0.15) is 10.5 Å². The lowest BCUT2D eigenvalue weighted by molar-refractivity contribution is 0.0996. The Hall–Kier alpha value is -3.85. The van der Waals surface area contributed by atoms with E-state index in [1.807, 2.05) is 42.5 Å². The van der Waals surface area contributed by atoms with Crippen molar-refractivity contribution >= 4 is 34.1 Å². The van der Waals surface area contributed by atoms with Gasteiger partial charge in [-0.15, -0.1) is 0 Å². The number of carbonyl (C=O) groups is 1. The molecule has 1 aliphatic heterocycles. The molecule has 9 heteroatoms. The first-order valence-electron chi connectivity index (χ1n) is 9.75. The average molecular weight is 403 g/mol. The van der Waals surface area contributed by atoms with E-state index in [2.05, 4.69) is 30.7 Å². The molecule has 5 rings (SSSR count). The average Bonchev–Trinajstić information content (AvgIpc) is 3.42. The Morgan fingerprint density at radius 2 is 1.93 bits per heavy atom. The number of nitrogens with two attached hydrogens (primary N) is 1. The number of aromatic nitrogens is 3. The molecule has 0 radical (unpaired) electrons. The number of aromatic amines is 1. The zero-order chi connectivity index (χ0) is 20.5. The van der Waals surface area contributed by atoms with Crippen LogP contribution in [0.4, 0.5) is 17.3 Å². The Kier molecular flexibility index (Phi) is 4.56. The predicted molar refractivity (Wildman–Crippen MR) is 115 cm³/mol. The van der Waals surface area contributed by atoms with Crippen LogP contribution in [0.15, 0.2) is 53.1 Å². The fourth-order valence-corrected chi connectivity index (χ4v) is 3.65. The number of nitrogens with zero attached hydrogens (tertiary/aromatic N) is 3. The Balaban J connectivity index is 1.44. The number of oxazole rings is 1. The molecule has 2 aromatic heterocycles. The number of primary amides is 1. The van der Waals surface area contributed by atoms with Crippen LogP contribution in [0.2, 0.25) is 0 Å². The summed E-state index contributed by atoms with van der Waals surface area (Å²) >= 11 is 0. The first-order chi connectivity index (χ1) is 14.7. The molecule has 3 heterocycles. The number of nitrogens with one attached hydrogen (secondary N) is 3. The molecule has 0 atom stereocenters. The standard InChI is InChI=1S/C21H21N7O2/c22-19(29)18-21(25-13-4-6-14(7-5-13)28-10-8-23-9-11-28)30-20(26-18)15-2-1-3-17-16(15)12-24-27-17/h1-7,12,23,25H,8-11H2,(H2,22,29)(H,24,27). The highest BCUT2D eigenvalue weighted by molar-refractivity contribution is 5.98. The smallest absolute Gasteiger partial charge is 0.273 e. The number of fused-ring (bicyclic) bond motifs is 1. The van der Waals surface area contributed by atoms with E-state index in [-0.39, 0.29) is 11.6 Å². The van der Waals surface area contributed by atoms with Gasteiger partial charge in [0.15, 0.2) is 5.69 Å². The second-order valence-corrected chi connectivity index (χ2v) is 7.11. The molecule has 0 bridgehead atoms. The van der Waals surface area contributed by atoms with Crippen molar-refractivity contribution < 1.29 is 9.21 Å². The van der Waals surface area contributed by atoms with Gasteiger partial charge in [0, 0.05) is 48.5 Å². The topological polar surface area (TPSA) is 125 Å². The van der Waals surface area contributed by atoms with Gasteiger partial charge in [0.1, 0.15) is 0 Å². The third-order valence-corrected chi connectivity index (χ3v) is 5.18. The first-order valence-corrected chi connectivity index (χ1v) is 9.75. The molecule has 2 aromatic carbocycles. The SMILES string of the molecule is NC(=O)c1nc(-c2cccc3[nH]ncc23)oc1Nc1ccc(N2CCNCC2)cc1. The van der Waals surface area contributed by atoms with E-state index in [0.29, 0.717) is 5.89 Å². The fourth-order valence-electron chi connectivity index (χ4n) is 3.65. The van der Waals surface area contributed by atoms with Crippen molar-refractivity contribution in [1.82, 2.24) is 20.5 Å². The third-order valence-electron chi connectivity index (χ3n) is 5.18. The Labute approximate surface area is 172 Å². The second-order valence-electron chi connectivity index (χ2n) is 7.11. The number of anilines is 3. The van der Waals surface area contributed by atoms with Crippen LogP contribution in [-0.4, -0.2) is 47.3 Å². The summed E-state index contributed by atoms with van der Waals surface area (Å²) in [4.78, 5) is 18.6. The van der Waals surface area contributed by atoms with E-state index in [0.717, 1.165) is 54.0 Å². The number of H-pyrrole nitrogens is 1. The highest BCUT2D eigenvalue weighted by Crippen LogP contribution is 2.32. The minimum atomic E-state index is -0.663. The maximum Gasteiger partial charge on any atom is 0.273 e. The van der Waals surface area contributed by atoms with Crippen molar-refractivity contribution in [3.8, 4) is 11.5 Å². The highest BCUT2D eigenvalue weighted by Gasteiger charge is 2.21. The summed E-state index contributed by atoms with van der Waals surface area (Å²) in [6.07, 6.45) is 1.70. The van der Waals surface area contributed by atoms with Crippen molar-refractivity contribution in [2.45, 2.75) is 0 Å². The van der Waals surface area contributed by atoms with Crippen molar-refractivity contribution in [3.63, 3.8) is 0 Å². The summed E-state index contributed by atoms with van der Waals surface area (Å²) in [5.41, 5.74) is 9.11. The van der Waals surface area contributed by atoms with Crippen LogP contribution < -0.4 is 21.3 Å². The predicted octanol–water partition coefficient (Wildman–Crippen LogP) is 2.47. The van der Waals surface area contributed by atoms with Gasteiger partial charge in [0.25, 0.3) is 5.91 Å². The molecule has 1 saturated heterocycles. The zero-order valence-corrected chi connectivity index (χ0v) is 16.2. The Morgan fingerprint density at radius 3 is 2.70 bits per heavy atom. The molecule has 152 valence electrons. The normalized spacial score (nSPS) is 14.2. The van der Waals surface area contributed by atoms with E-state index in [1.165, 1.54) is 0 Å². The molecular formula is C21H21N7O2. The van der Waals surface area contributed by atoms with Crippen LogP contribution in [0, 0.1) is 0 Å². The third kappa shape index (κ3) is 3.35. The maximum absolute atomic E-state index is 12.0. The lowest BCUT2D eigenvalue weighted by Crippen LogP contribution is -2.43. The van der Waals surface area contributed by atoms with Gasteiger partial charge in [0.05, 0.1) is 11.7 Å². The van der Waals surface area contributed by atoms with Gasteiger partial charge < -0.3 is 25.7 Å². The van der Waals surface area contributed by atoms with Crippen LogP contribution in [-0.2, 0) is 0 Å². The molecule has 1 amide bonds. The van der Waals surface area contributed by atoms with Crippen LogP contribution in [0.5, 0.6) is 0 Å². The quantitative estimate of drug-likeness (QED) is 0.403. The van der Waals surface area contributed by atoms with Gasteiger partial charge in [-0.2, -0.15) is 5.10 Å². The van der Waals surface area contributed by atoms with Crippen LogP contribution in [0.25, 0.3) is 22.4 Å². The summed E-state index contributed by atoms with van der Waals surface area (Å²) in [5, 5.41) is 14.3. The summed E-state index contributed by atoms with van der Waals surface area (Å²) < 4.78 is 5.91. The molecule has 1 fully saturated rings. The van der Waals surface area contributed by atoms with Gasteiger partial charge in [-0.3, -0.25) is 9.89 Å². The number of hydrogen-bond donors (Lipinski definition) is 4. The monoisotopic (exact) mass is 403 g/mol. The molecule has 4 aromatic rings. The maximum atomic E-state index is 12.0. The number of carbonyl (C=O) groups excluding carboxylic acids is 1. The summed E-state index contributed by atoms with van der Waals surface area (Å²) in [6, 6.07) is 13.6. The van der Waals surface area contributed by atoms with Gasteiger partial charge in [-0.05, 0) is 36.4 Å². The summed E-state index contributed by atoms with van der Waals surface area (Å²) in [7, 11) is 0. The number of amides is 1. The molecule has 0 unspecified atom stereocenters. The second kappa shape index (κ2) is 7.53. The summed E-state index contributed by atoms with van der Waals surface area (Å²) in [5.74, 6) is -0.145. The molecule has 0 spiro atoms. The molecule has 30 heavy (non-hydrogen) atoms. The number of piperazine rings is 1.